The van der Waals surface area contributed by atoms with E-state index in [-0.39, 0.29) is 6.10 Å². The molecule has 0 saturated carbocycles. The van der Waals surface area contributed by atoms with E-state index >= 15 is 0 Å². The van der Waals surface area contributed by atoms with Gasteiger partial charge in [-0.1, -0.05) is 5.16 Å². The van der Waals surface area contributed by atoms with Crippen LogP contribution in [-0.2, 0) is 4.74 Å². The van der Waals surface area contributed by atoms with Crippen molar-refractivity contribution in [3.8, 4) is 5.75 Å². The first-order valence-electron chi connectivity index (χ1n) is 6.41. The van der Waals surface area contributed by atoms with Crippen LogP contribution in [-0.4, -0.2) is 55.3 Å². The van der Waals surface area contributed by atoms with E-state index < -0.39 is 0 Å². The van der Waals surface area contributed by atoms with Crippen LogP contribution in [0.4, 0.5) is 0 Å². The van der Waals surface area contributed by atoms with E-state index in [1.807, 2.05) is 24.3 Å². The highest BCUT2D eigenvalue weighted by Gasteiger charge is 2.18. The minimum absolute atomic E-state index is 0.124. The van der Waals surface area contributed by atoms with Crippen molar-refractivity contribution in [1.29, 1.82) is 0 Å². The number of hydrogen-bond acceptors (Lipinski definition) is 5. The lowest BCUT2D eigenvalue weighted by molar-refractivity contribution is -0.0403. The summed E-state index contributed by atoms with van der Waals surface area (Å²) in [6, 6.07) is 7.49. The molecular weight excluding hydrogens is 244 g/mol. The zero-order valence-electron chi connectivity index (χ0n) is 11.4. The van der Waals surface area contributed by atoms with Gasteiger partial charge in [-0.2, -0.15) is 0 Å². The maximum Gasteiger partial charge on any atom is 0.119 e. The molecule has 5 heteroatoms. The van der Waals surface area contributed by atoms with E-state index in [0.717, 1.165) is 31.0 Å². The van der Waals surface area contributed by atoms with Gasteiger partial charge in [-0.05, 0) is 43.8 Å². The molecule has 1 aromatic rings. The Morgan fingerprint density at radius 3 is 2.84 bits per heavy atom. The molecule has 1 aliphatic heterocycles. The topological polar surface area (TPSA) is 54.3 Å². The number of nitrogens with zero attached hydrogens (tertiary/aromatic N) is 2. The van der Waals surface area contributed by atoms with Gasteiger partial charge in [0.25, 0.3) is 0 Å². The van der Waals surface area contributed by atoms with E-state index in [1.165, 1.54) is 0 Å². The lowest BCUT2D eigenvalue weighted by Gasteiger charge is -2.29. The Bertz CT molecular complexity index is 431. The largest absolute Gasteiger partial charge is 0.491 e. The molecule has 1 heterocycles. The molecule has 1 fully saturated rings. The smallest absolute Gasteiger partial charge is 0.119 e. The fourth-order valence-corrected chi connectivity index (χ4v) is 2.01. The Kier molecular flexibility index (Phi) is 4.76. The Morgan fingerprint density at radius 2 is 2.21 bits per heavy atom. The fourth-order valence-electron chi connectivity index (χ4n) is 2.01. The minimum atomic E-state index is 0.124. The van der Waals surface area contributed by atoms with Crippen molar-refractivity contribution in [2.24, 2.45) is 5.16 Å². The van der Waals surface area contributed by atoms with Gasteiger partial charge >= 0.3 is 0 Å². The molecule has 0 bridgehead atoms. The van der Waals surface area contributed by atoms with Crippen LogP contribution in [0.3, 0.4) is 0 Å². The van der Waals surface area contributed by atoms with Crippen molar-refractivity contribution in [1.82, 2.24) is 4.90 Å². The molecule has 0 radical (unpaired) electrons. The highest BCUT2D eigenvalue weighted by molar-refractivity contribution is 5.98. The van der Waals surface area contributed by atoms with Crippen molar-refractivity contribution in [3.63, 3.8) is 0 Å². The first-order valence-corrected chi connectivity index (χ1v) is 6.41. The molecular formula is C14H20N2O3. The van der Waals surface area contributed by atoms with E-state index in [9.17, 15) is 0 Å². The Balaban J connectivity index is 1.86. The maximum atomic E-state index is 8.69. The molecule has 2 rings (SSSR count). The van der Waals surface area contributed by atoms with Crippen molar-refractivity contribution in [2.75, 3.05) is 33.4 Å². The van der Waals surface area contributed by atoms with E-state index in [1.54, 1.807) is 6.92 Å². The number of oxime groups is 1. The number of benzene rings is 1. The summed E-state index contributed by atoms with van der Waals surface area (Å²) in [5.41, 5.74) is 1.47. The van der Waals surface area contributed by atoms with Gasteiger partial charge in [0.1, 0.15) is 18.5 Å². The van der Waals surface area contributed by atoms with Crippen LogP contribution >= 0.6 is 0 Å². The predicted octanol–water partition coefficient (Wildman–Crippen LogP) is 1.59. The Hall–Kier alpha value is -1.59. The molecule has 19 heavy (non-hydrogen) atoms. The quantitative estimate of drug-likeness (QED) is 0.510. The summed E-state index contributed by atoms with van der Waals surface area (Å²) in [4.78, 5) is 2.24. The molecule has 5 nitrogen and oxygen atoms in total. The molecule has 1 aliphatic rings. The van der Waals surface area contributed by atoms with Crippen LogP contribution in [0.2, 0.25) is 0 Å². The van der Waals surface area contributed by atoms with Crippen LogP contribution < -0.4 is 4.74 Å². The number of rotatable bonds is 4. The number of morpholine rings is 1. The Morgan fingerprint density at radius 1 is 1.47 bits per heavy atom. The van der Waals surface area contributed by atoms with Crippen molar-refractivity contribution in [2.45, 2.75) is 13.0 Å². The Labute approximate surface area is 113 Å². The highest BCUT2D eigenvalue weighted by atomic mass is 16.5. The molecule has 0 aliphatic carbocycles. The summed E-state index contributed by atoms with van der Waals surface area (Å²) < 4.78 is 11.3. The van der Waals surface area contributed by atoms with E-state index in [0.29, 0.717) is 12.3 Å². The second-order valence-electron chi connectivity index (χ2n) is 4.78. The normalized spacial score (nSPS) is 21.4. The maximum absolute atomic E-state index is 8.69. The molecule has 104 valence electrons. The molecule has 0 amide bonds. The van der Waals surface area contributed by atoms with Gasteiger partial charge in [-0.25, -0.2) is 0 Å². The monoisotopic (exact) mass is 264 g/mol. The van der Waals surface area contributed by atoms with Crippen molar-refractivity contribution >= 4 is 5.71 Å². The second kappa shape index (κ2) is 6.54. The summed E-state index contributed by atoms with van der Waals surface area (Å²) in [5.74, 6) is 0.798. The zero-order valence-corrected chi connectivity index (χ0v) is 11.4. The van der Waals surface area contributed by atoms with Crippen molar-refractivity contribution in [3.05, 3.63) is 29.8 Å². The third-order valence-corrected chi connectivity index (χ3v) is 3.20. The van der Waals surface area contributed by atoms with Gasteiger partial charge in [-0.15, -0.1) is 0 Å². The van der Waals surface area contributed by atoms with Gasteiger partial charge < -0.3 is 19.6 Å². The van der Waals surface area contributed by atoms with Crippen molar-refractivity contribution < 1.29 is 14.7 Å². The van der Waals surface area contributed by atoms with Gasteiger partial charge in [0.2, 0.25) is 0 Å². The fraction of sp³-hybridized carbons (Fsp3) is 0.500. The molecule has 1 N–H and O–H groups in total. The molecule has 1 atom stereocenters. The molecule has 1 aromatic carbocycles. The lowest BCUT2D eigenvalue weighted by atomic mass is 10.1. The van der Waals surface area contributed by atoms with Gasteiger partial charge in [0.15, 0.2) is 0 Å². The second-order valence-corrected chi connectivity index (χ2v) is 4.78. The predicted molar refractivity (Wildman–Crippen MR) is 73.2 cm³/mol. The number of ether oxygens (including phenoxy) is 2. The summed E-state index contributed by atoms with van der Waals surface area (Å²) in [7, 11) is 2.08. The standard InChI is InChI=1S/C14H20N2O3/c1-11(15-17)12-3-5-13(6-4-12)19-10-14-9-16(2)7-8-18-14/h3-6,14,17H,7-10H2,1-2H3. The van der Waals surface area contributed by atoms with Crippen LogP contribution in [0.5, 0.6) is 5.75 Å². The number of hydrogen-bond donors (Lipinski definition) is 1. The van der Waals surface area contributed by atoms with Gasteiger partial charge in [-0.3, -0.25) is 0 Å². The van der Waals surface area contributed by atoms with Crippen LogP contribution in [0.25, 0.3) is 0 Å². The summed E-state index contributed by atoms with van der Waals surface area (Å²) in [6.07, 6.45) is 0.124. The van der Waals surface area contributed by atoms with Crippen LogP contribution in [0, 0.1) is 0 Å². The van der Waals surface area contributed by atoms with Gasteiger partial charge in [0, 0.05) is 13.1 Å². The lowest BCUT2D eigenvalue weighted by Crippen LogP contribution is -2.42. The molecule has 1 saturated heterocycles. The van der Waals surface area contributed by atoms with Crippen LogP contribution in [0.1, 0.15) is 12.5 Å². The summed E-state index contributed by atoms with van der Waals surface area (Å²) in [5, 5.41) is 11.9. The summed E-state index contributed by atoms with van der Waals surface area (Å²) in [6.45, 7) is 4.94. The number of likely N-dealkylation sites (N-methyl/N-ethyl adjacent to an activating group) is 1. The molecule has 1 unspecified atom stereocenters. The van der Waals surface area contributed by atoms with E-state index in [2.05, 4.69) is 17.1 Å². The molecule has 0 spiro atoms. The molecule has 0 aromatic heterocycles. The first kappa shape index (κ1) is 13.8. The average Bonchev–Trinajstić information content (AvgIpc) is 2.45. The SMILES string of the molecule is CC(=NO)c1ccc(OCC2CN(C)CCO2)cc1. The first-order chi connectivity index (χ1) is 9.19. The third kappa shape index (κ3) is 3.94. The van der Waals surface area contributed by atoms with Crippen LogP contribution in [0.15, 0.2) is 29.4 Å². The van der Waals surface area contributed by atoms with E-state index in [4.69, 9.17) is 14.7 Å². The summed E-state index contributed by atoms with van der Waals surface area (Å²) >= 11 is 0. The third-order valence-electron chi connectivity index (χ3n) is 3.20. The average molecular weight is 264 g/mol. The zero-order chi connectivity index (χ0) is 13.7. The van der Waals surface area contributed by atoms with Gasteiger partial charge in [0.05, 0.1) is 12.3 Å². The minimum Gasteiger partial charge on any atom is -0.491 e. The highest BCUT2D eigenvalue weighted by Crippen LogP contribution is 2.14.